The molecule has 10 heteroatoms. The normalized spacial score (nSPS) is 21.5. The molecule has 0 aliphatic carbocycles. The van der Waals surface area contributed by atoms with Crippen LogP contribution in [0.15, 0.2) is 28.7 Å². The van der Waals surface area contributed by atoms with Crippen LogP contribution in [0.4, 0.5) is 8.78 Å². The smallest absolute Gasteiger partial charge is 0.242 e. The fraction of sp³-hybridized carbons (Fsp3) is 0.478. The Bertz CT molecular complexity index is 1080. The number of oxime groups is 1. The predicted octanol–water partition coefficient (Wildman–Crippen LogP) is 3.62. The van der Waals surface area contributed by atoms with E-state index in [1.54, 1.807) is 4.90 Å². The molecular formula is C23H24F2N4O3S. The third kappa shape index (κ3) is 4.48. The summed E-state index contributed by atoms with van der Waals surface area (Å²) in [6.07, 6.45) is 2.42. The van der Waals surface area contributed by atoms with Crippen molar-refractivity contribution in [1.82, 2.24) is 14.8 Å². The summed E-state index contributed by atoms with van der Waals surface area (Å²) < 4.78 is 28.1. The zero-order chi connectivity index (χ0) is 22.9. The second-order valence-electron chi connectivity index (χ2n) is 8.62. The van der Waals surface area contributed by atoms with E-state index >= 15 is 0 Å². The van der Waals surface area contributed by atoms with E-state index in [2.05, 4.69) is 5.16 Å². The fourth-order valence-corrected chi connectivity index (χ4v) is 5.62. The Kier molecular flexibility index (Phi) is 6.09. The second-order valence-corrected chi connectivity index (χ2v) is 9.51. The molecule has 2 saturated heterocycles. The van der Waals surface area contributed by atoms with Gasteiger partial charge in [0, 0.05) is 43.8 Å². The van der Waals surface area contributed by atoms with E-state index < -0.39 is 17.7 Å². The molecule has 0 N–H and O–H groups in total. The molecule has 2 aromatic rings. The Morgan fingerprint density at radius 1 is 1.18 bits per heavy atom. The van der Waals surface area contributed by atoms with E-state index in [4.69, 9.17) is 9.82 Å². The lowest BCUT2D eigenvalue weighted by molar-refractivity contribution is -0.139. The third-order valence-corrected chi connectivity index (χ3v) is 7.51. The standard InChI is InChI=1S/C23H24F2N4O3S/c24-15-3-1-4-16(25)22(15)19-11-17(27-32-19)18-13-33-23(26-18)14-6-9-28(10-7-14)21(31)12-29-8-2-5-20(29)30/h1,3-4,13-14,19H,2,5-12H2/t19-/m1/s1. The Hall–Kier alpha value is -2.88. The highest BCUT2D eigenvalue weighted by Gasteiger charge is 2.32. The highest BCUT2D eigenvalue weighted by Crippen LogP contribution is 2.35. The summed E-state index contributed by atoms with van der Waals surface area (Å²) in [5.74, 6) is -0.986. The van der Waals surface area contributed by atoms with Crippen LogP contribution in [-0.4, -0.2) is 58.5 Å². The van der Waals surface area contributed by atoms with E-state index in [1.165, 1.54) is 29.5 Å². The van der Waals surface area contributed by atoms with Crippen LogP contribution in [0.2, 0.25) is 0 Å². The van der Waals surface area contributed by atoms with Crippen molar-refractivity contribution in [2.24, 2.45) is 5.16 Å². The number of hydrogen-bond acceptors (Lipinski definition) is 6. The van der Waals surface area contributed by atoms with Crippen molar-refractivity contribution in [3.05, 3.63) is 51.5 Å². The first-order chi connectivity index (χ1) is 16.0. The van der Waals surface area contributed by atoms with E-state index in [0.717, 1.165) is 24.3 Å². The van der Waals surface area contributed by atoms with Gasteiger partial charge in [0.25, 0.3) is 0 Å². The zero-order valence-corrected chi connectivity index (χ0v) is 18.8. The van der Waals surface area contributed by atoms with Gasteiger partial charge in [-0.05, 0) is 31.4 Å². The van der Waals surface area contributed by atoms with Gasteiger partial charge in [-0.2, -0.15) is 0 Å². The Balaban J connectivity index is 1.16. The lowest BCUT2D eigenvalue weighted by Crippen LogP contribution is -2.44. The molecule has 0 radical (unpaired) electrons. The van der Waals surface area contributed by atoms with Gasteiger partial charge in [0.1, 0.15) is 17.3 Å². The van der Waals surface area contributed by atoms with Gasteiger partial charge >= 0.3 is 0 Å². The Morgan fingerprint density at radius 3 is 2.64 bits per heavy atom. The minimum Gasteiger partial charge on any atom is -0.387 e. The van der Waals surface area contributed by atoms with Gasteiger partial charge in [0.15, 0.2) is 6.10 Å². The number of halogens is 2. The molecule has 0 unspecified atom stereocenters. The van der Waals surface area contributed by atoms with E-state index in [1.807, 2.05) is 10.3 Å². The average Bonchev–Trinajstić information content (AvgIpc) is 3.56. The number of piperidine rings is 1. The molecule has 0 spiro atoms. The van der Waals surface area contributed by atoms with Crippen molar-refractivity contribution in [3.63, 3.8) is 0 Å². The second kappa shape index (κ2) is 9.17. The first kappa shape index (κ1) is 21.9. The molecule has 33 heavy (non-hydrogen) atoms. The SMILES string of the molecule is O=C(CN1CCCC1=O)N1CCC(c2nc(C3=NO[C@@H](c4c(F)cccc4F)C3)cs2)CC1. The van der Waals surface area contributed by atoms with Gasteiger partial charge in [-0.15, -0.1) is 11.3 Å². The molecule has 3 aliphatic rings. The Labute approximate surface area is 194 Å². The molecule has 174 valence electrons. The predicted molar refractivity (Wildman–Crippen MR) is 118 cm³/mol. The maximum atomic E-state index is 14.1. The molecule has 3 aliphatic heterocycles. The number of thiazole rings is 1. The summed E-state index contributed by atoms with van der Waals surface area (Å²) in [5.41, 5.74) is 1.13. The topological polar surface area (TPSA) is 75.1 Å². The van der Waals surface area contributed by atoms with Crippen LogP contribution in [0.3, 0.4) is 0 Å². The molecule has 1 atom stereocenters. The van der Waals surface area contributed by atoms with Crippen molar-refractivity contribution in [1.29, 1.82) is 0 Å². The van der Waals surface area contributed by atoms with Gasteiger partial charge in [0.05, 0.1) is 22.8 Å². The van der Waals surface area contributed by atoms with E-state index in [9.17, 15) is 18.4 Å². The van der Waals surface area contributed by atoms with Crippen LogP contribution >= 0.6 is 11.3 Å². The number of amides is 2. The molecule has 4 heterocycles. The van der Waals surface area contributed by atoms with E-state index in [0.29, 0.717) is 37.5 Å². The number of benzene rings is 1. The molecule has 2 amide bonds. The summed E-state index contributed by atoms with van der Waals surface area (Å²) >= 11 is 1.53. The van der Waals surface area contributed by atoms with Gasteiger partial charge in [-0.25, -0.2) is 13.8 Å². The molecule has 5 rings (SSSR count). The minimum atomic E-state index is -0.803. The average molecular weight is 475 g/mol. The lowest BCUT2D eigenvalue weighted by atomic mass is 9.97. The monoisotopic (exact) mass is 474 g/mol. The quantitative estimate of drug-likeness (QED) is 0.664. The molecule has 2 fully saturated rings. The van der Waals surface area contributed by atoms with Crippen molar-refractivity contribution in [3.8, 4) is 0 Å². The molecular weight excluding hydrogens is 450 g/mol. The highest BCUT2D eigenvalue weighted by molar-refractivity contribution is 7.10. The first-order valence-corrected chi connectivity index (χ1v) is 12.1. The number of nitrogens with zero attached hydrogens (tertiary/aromatic N) is 4. The van der Waals surface area contributed by atoms with E-state index in [-0.39, 0.29) is 36.3 Å². The molecule has 1 aromatic heterocycles. The number of carbonyl (C=O) groups is 2. The fourth-order valence-electron chi connectivity index (χ4n) is 4.62. The van der Waals surface area contributed by atoms with Gasteiger partial charge < -0.3 is 14.6 Å². The number of likely N-dealkylation sites (tertiary alicyclic amines) is 2. The summed E-state index contributed by atoms with van der Waals surface area (Å²) in [4.78, 5) is 37.8. The van der Waals surface area contributed by atoms with Crippen LogP contribution in [0.25, 0.3) is 0 Å². The zero-order valence-electron chi connectivity index (χ0n) is 18.0. The molecule has 7 nitrogen and oxygen atoms in total. The van der Waals surface area contributed by atoms with Gasteiger partial charge in [0.2, 0.25) is 11.8 Å². The summed E-state index contributed by atoms with van der Waals surface area (Å²) in [6.45, 7) is 2.12. The first-order valence-electron chi connectivity index (χ1n) is 11.2. The largest absolute Gasteiger partial charge is 0.387 e. The number of rotatable bonds is 5. The Morgan fingerprint density at radius 2 is 1.94 bits per heavy atom. The third-order valence-electron chi connectivity index (χ3n) is 6.50. The van der Waals surface area contributed by atoms with Gasteiger partial charge in [-0.1, -0.05) is 11.2 Å². The van der Waals surface area contributed by atoms with Crippen LogP contribution < -0.4 is 0 Å². The van der Waals surface area contributed by atoms with Crippen LogP contribution in [0, 0.1) is 11.6 Å². The van der Waals surface area contributed by atoms with Crippen molar-refractivity contribution < 1.29 is 23.2 Å². The maximum Gasteiger partial charge on any atom is 0.242 e. The summed E-state index contributed by atoms with van der Waals surface area (Å²) in [5, 5.41) is 6.90. The van der Waals surface area contributed by atoms with Crippen LogP contribution in [-0.2, 0) is 14.4 Å². The summed E-state index contributed by atoms with van der Waals surface area (Å²) in [6, 6.07) is 3.74. The highest BCUT2D eigenvalue weighted by atomic mass is 32.1. The number of carbonyl (C=O) groups excluding carboxylic acids is 2. The van der Waals surface area contributed by atoms with Crippen LogP contribution in [0.1, 0.15) is 60.4 Å². The molecule has 0 bridgehead atoms. The van der Waals surface area contributed by atoms with Crippen molar-refractivity contribution in [2.75, 3.05) is 26.2 Å². The van der Waals surface area contributed by atoms with Crippen molar-refractivity contribution >= 4 is 28.9 Å². The summed E-state index contributed by atoms with van der Waals surface area (Å²) in [7, 11) is 0. The number of aromatic nitrogens is 1. The maximum absolute atomic E-state index is 14.1. The molecule has 0 saturated carbocycles. The molecule has 1 aromatic carbocycles. The number of hydrogen-bond donors (Lipinski definition) is 0. The minimum absolute atomic E-state index is 0.00686. The van der Waals surface area contributed by atoms with Gasteiger partial charge in [-0.3, -0.25) is 9.59 Å². The van der Waals surface area contributed by atoms with Crippen molar-refractivity contribution in [2.45, 2.75) is 44.1 Å². The lowest BCUT2D eigenvalue weighted by Gasteiger charge is -2.32. The van der Waals surface area contributed by atoms with Crippen LogP contribution in [0.5, 0.6) is 0 Å².